The monoisotopic (exact) mass is 612 g/mol. The molecule has 0 aliphatic heterocycles. The summed E-state index contributed by atoms with van der Waals surface area (Å²) in [6.07, 6.45) is 0. The van der Waals surface area contributed by atoms with E-state index in [1.165, 1.54) is 0 Å². The van der Waals surface area contributed by atoms with Crippen LogP contribution in [0.3, 0.4) is 0 Å². The predicted molar refractivity (Wildman–Crippen MR) is 197 cm³/mol. The van der Waals surface area contributed by atoms with Crippen LogP contribution in [-0.2, 0) is 0 Å². The zero-order chi connectivity index (χ0) is 31.9. The molecule has 0 saturated heterocycles. The summed E-state index contributed by atoms with van der Waals surface area (Å²) in [5, 5.41) is 2.06. The van der Waals surface area contributed by atoms with E-state index in [4.69, 9.17) is 19.9 Å². The zero-order valence-electron chi connectivity index (χ0n) is 26.0. The topological polar surface area (TPSA) is 51.6 Å². The second-order valence-electron chi connectivity index (χ2n) is 11.8. The fourth-order valence-corrected chi connectivity index (χ4v) is 6.54. The minimum Gasteiger partial charge on any atom is -0.245 e. The molecule has 48 heavy (non-hydrogen) atoms. The van der Waals surface area contributed by atoms with Crippen LogP contribution in [0.2, 0.25) is 0 Å². The third-order valence-electron chi connectivity index (χ3n) is 8.87. The Morgan fingerprint density at radius 2 is 0.812 bits per heavy atom. The van der Waals surface area contributed by atoms with Gasteiger partial charge < -0.3 is 0 Å². The van der Waals surface area contributed by atoms with Crippen molar-refractivity contribution in [2.45, 2.75) is 0 Å². The van der Waals surface area contributed by atoms with Crippen molar-refractivity contribution in [2.75, 3.05) is 0 Å². The lowest BCUT2D eigenvalue weighted by atomic mass is 9.91. The Hall–Kier alpha value is -6.52. The van der Waals surface area contributed by atoms with Gasteiger partial charge in [-0.05, 0) is 47.5 Å². The predicted octanol–water partition coefficient (Wildman–Crippen LogP) is 11.1. The van der Waals surface area contributed by atoms with Gasteiger partial charge in [-0.2, -0.15) is 0 Å². The van der Waals surface area contributed by atoms with E-state index in [-0.39, 0.29) is 0 Å². The number of benzene rings is 6. The molecular formula is C44H28N4. The standard InChI is InChI=1S/C44H28N4/c1-4-14-29(15-5-1)37-26-24-32-28-36(35-25-27-38(30-16-6-2-7-17-30)46-44(35)42(32)45-37)33-20-10-11-21-34(33)43-41(31-18-8-3-9-19-31)47-39-22-12-13-23-40(39)48-43/h1-28H. The number of nitrogens with zero attached hydrogens (tertiary/aromatic N) is 4. The molecular weight excluding hydrogens is 585 g/mol. The average Bonchev–Trinajstić information content (AvgIpc) is 3.17. The second kappa shape index (κ2) is 11.7. The molecule has 9 rings (SSSR count). The summed E-state index contributed by atoms with van der Waals surface area (Å²) in [4.78, 5) is 21.0. The Labute approximate surface area is 278 Å². The third-order valence-corrected chi connectivity index (χ3v) is 8.87. The second-order valence-corrected chi connectivity index (χ2v) is 11.8. The molecule has 0 aliphatic carbocycles. The van der Waals surface area contributed by atoms with Gasteiger partial charge in [-0.25, -0.2) is 19.9 Å². The summed E-state index contributed by atoms with van der Waals surface area (Å²) in [5.74, 6) is 0. The van der Waals surface area contributed by atoms with Crippen LogP contribution in [0, 0.1) is 0 Å². The van der Waals surface area contributed by atoms with Crippen LogP contribution in [0.5, 0.6) is 0 Å². The van der Waals surface area contributed by atoms with Gasteiger partial charge in [0.1, 0.15) is 0 Å². The van der Waals surface area contributed by atoms with Gasteiger partial charge in [-0.3, -0.25) is 0 Å². The molecule has 0 unspecified atom stereocenters. The van der Waals surface area contributed by atoms with Crippen molar-refractivity contribution in [1.29, 1.82) is 0 Å². The molecule has 3 heterocycles. The molecule has 0 aliphatic rings. The lowest BCUT2D eigenvalue weighted by molar-refractivity contribution is 1.29. The number of rotatable bonds is 5. The Morgan fingerprint density at radius 1 is 0.312 bits per heavy atom. The molecule has 0 N–H and O–H groups in total. The van der Waals surface area contributed by atoms with Crippen molar-refractivity contribution in [1.82, 2.24) is 19.9 Å². The first-order valence-electron chi connectivity index (χ1n) is 16.1. The van der Waals surface area contributed by atoms with Crippen molar-refractivity contribution < 1.29 is 0 Å². The van der Waals surface area contributed by atoms with E-state index in [1.807, 2.05) is 78.9 Å². The van der Waals surface area contributed by atoms with Crippen LogP contribution in [0.1, 0.15) is 0 Å². The molecule has 4 heteroatoms. The molecule has 0 radical (unpaired) electrons. The van der Waals surface area contributed by atoms with Gasteiger partial charge in [0.15, 0.2) is 0 Å². The fraction of sp³-hybridized carbons (Fsp3) is 0. The molecule has 0 atom stereocenters. The maximum atomic E-state index is 5.31. The normalized spacial score (nSPS) is 11.3. The first kappa shape index (κ1) is 27.8. The number of para-hydroxylation sites is 2. The van der Waals surface area contributed by atoms with E-state index in [1.54, 1.807) is 0 Å². The van der Waals surface area contributed by atoms with Crippen molar-refractivity contribution in [3.8, 4) is 56.2 Å². The molecule has 224 valence electrons. The van der Waals surface area contributed by atoms with E-state index in [2.05, 4.69) is 91.0 Å². The molecule has 3 aromatic heterocycles. The van der Waals surface area contributed by atoms with Gasteiger partial charge in [0.05, 0.1) is 44.8 Å². The lowest BCUT2D eigenvalue weighted by Gasteiger charge is -2.17. The van der Waals surface area contributed by atoms with Crippen molar-refractivity contribution >= 4 is 32.8 Å². The minimum absolute atomic E-state index is 0.843. The number of hydrogen-bond donors (Lipinski definition) is 0. The maximum absolute atomic E-state index is 5.31. The van der Waals surface area contributed by atoms with E-state index in [9.17, 15) is 0 Å². The molecule has 0 bridgehead atoms. The molecule has 4 nitrogen and oxygen atoms in total. The highest BCUT2D eigenvalue weighted by Crippen LogP contribution is 2.42. The van der Waals surface area contributed by atoms with Gasteiger partial charge in [-0.15, -0.1) is 0 Å². The van der Waals surface area contributed by atoms with E-state index < -0.39 is 0 Å². The first-order valence-corrected chi connectivity index (χ1v) is 16.1. The van der Waals surface area contributed by atoms with Crippen LogP contribution in [0.4, 0.5) is 0 Å². The van der Waals surface area contributed by atoms with Crippen LogP contribution in [-0.4, -0.2) is 19.9 Å². The summed E-state index contributed by atoms with van der Waals surface area (Å²) in [7, 11) is 0. The molecule has 6 aromatic carbocycles. The highest BCUT2D eigenvalue weighted by Gasteiger charge is 2.20. The largest absolute Gasteiger partial charge is 0.245 e. The van der Waals surface area contributed by atoms with E-state index >= 15 is 0 Å². The van der Waals surface area contributed by atoms with Gasteiger partial charge in [0.25, 0.3) is 0 Å². The smallest absolute Gasteiger partial charge is 0.0979 e. The van der Waals surface area contributed by atoms with Gasteiger partial charge >= 0.3 is 0 Å². The van der Waals surface area contributed by atoms with Gasteiger partial charge in [-0.1, -0.05) is 133 Å². The van der Waals surface area contributed by atoms with Crippen LogP contribution >= 0.6 is 0 Å². The quantitative estimate of drug-likeness (QED) is 0.181. The molecule has 0 amide bonds. The Balaban J connectivity index is 1.33. The number of aromatic nitrogens is 4. The summed E-state index contributed by atoms with van der Waals surface area (Å²) in [6, 6.07) is 58.3. The fourth-order valence-electron chi connectivity index (χ4n) is 6.54. The number of pyridine rings is 2. The van der Waals surface area contributed by atoms with Crippen molar-refractivity contribution in [3.05, 3.63) is 170 Å². The van der Waals surface area contributed by atoms with Crippen LogP contribution < -0.4 is 0 Å². The van der Waals surface area contributed by atoms with Crippen LogP contribution in [0.25, 0.3) is 89.0 Å². The lowest BCUT2D eigenvalue weighted by Crippen LogP contribution is -1.98. The van der Waals surface area contributed by atoms with E-state index in [0.717, 1.165) is 89.0 Å². The highest BCUT2D eigenvalue weighted by molar-refractivity contribution is 6.12. The molecule has 0 fully saturated rings. The van der Waals surface area contributed by atoms with Gasteiger partial charge in [0.2, 0.25) is 0 Å². The van der Waals surface area contributed by atoms with Crippen molar-refractivity contribution in [2.24, 2.45) is 0 Å². The first-order chi connectivity index (χ1) is 23.8. The van der Waals surface area contributed by atoms with Gasteiger partial charge in [0, 0.05) is 33.0 Å². The summed E-state index contributed by atoms with van der Waals surface area (Å²) in [5.41, 5.74) is 13.3. The average molecular weight is 613 g/mol. The maximum Gasteiger partial charge on any atom is 0.0979 e. The summed E-state index contributed by atoms with van der Waals surface area (Å²) in [6.45, 7) is 0. The van der Waals surface area contributed by atoms with E-state index in [0.29, 0.717) is 0 Å². The molecule has 0 saturated carbocycles. The summed E-state index contributed by atoms with van der Waals surface area (Å²) < 4.78 is 0. The number of hydrogen-bond acceptors (Lipinski definition) is 4. The minimum atomic E-state index is 0.843. The molecule has 9 aromatic rings. The van der Waals surface area contributed by atoms with Crippen molar-refractivity contribution in [3.63, 3.8) is 0 Å². The SMILES string of the molecule is c1ccc(-c2ccc3cc(-c4ccccc4-c4nc5ccccc5nc4-c4ccccc4)c4ccc(-c5ccccc5)nc4c3n2)cc1. The van der Waals surface area contributed by atoms with Crippen LogP contribution in [0.15, 0.2) is 170 Å². The Kier molecular flexibility index (Phi) is 6.76. The number of fused-ring (bicyclic) bond motifs is 4. The third kappa shape index (κ3) is 4.88. The summed E-state index contributed by atoms with van der Waals surface area (Å²) >= 11 is 0. The Bertz CT molecular complexity index is 2600. The highest BCUT2D eigenvalue weighted by atomic mass is 14.8. The Morgan fingerprint density at radius 3 is 1.46 bits per heavy atom. The molecule has 0 spiro atoms. The zero-order valence-corrected chi connectivity index (χ0v) is 26.0.